The number of benzene rings is 1. The van der Waals surface area contributed by atoms with Crippen LogP contribution in [0.15, 0.2) is 30.3 Å². The number of nitrogens with zero attached hydrogens (tertiary/aromatic N) is 4. The number of ether oxygens (including phenoxy) is 1. The number of hydrogen-bond donors (Lipinski definition) is 0. The van der Waals surface area contributed by atoms with Gasteiger partial charge in [0, 0.05) is 24.5 Å². The van der Waals surface area contributed by atoms with Crippen molar-refractivity contribution in [2.45, 2.75) is 33.6 Å². The molecule has 1 fully saturated rings. The molecule has 28 heavy (non-hydrogen) atoms. The number of fused-ring (bicyclic) bond motifs is 1. The summed E-state index contributed by atoms with van der Waals surface area (Å²) in [6.45, 7) is 7.38. The van der Waals surface area contributed by atoms with E-state index in [2.05, 4.69) is 22.2 Å². The van der Waals surface area contributed by atoms with Crippen LogP contribution in [0, 0.1) is 26.7 Å². The number of aromatic nitrogens is 3. The average Bonchev–Trinajstić information content (AvgIpc) is 3.26. The van der Waals surface area contributed by atoms with Crippen LogP contribution in [0.1, 0.15) is 39.4 Å². The lowest BCUT2D eigenvalue weighted by Crippen LogP contribution is -2.29. The zero-order valence-corrected chi connectivity index (χ0v) is 16.9. The molecule has 3 aromatic rings. The van der Waals surface area contributed by atoms with Crippen molar-refractivity contribution in [3.63, 3.8) is 0 Å². The molecule has 4 rings (SSSR count). The Labute approximate surface area is 165 Å². The monoisotopic (exact) mass is 378 g/mol. The van der Waals surface area contributed by atoms with Gasteiger partial charge in [-0.3, -0.25) is 4.79 Å². The van der Waals surface area contributed by atoms with Gasteiger partial charge in [-0.2, -0.15) is 5.10 Å². The van der Waals surface area contributed by atoms with Gasteiger partial charge in [0.1, 0.15) is 11.3 Å². The van der Waals surface area contributed by atoms with E-state index in [1.54, 1.807) is 11.6 Å². The first-order chi connectivity index (χ1) is 13.5. The zero-order valence-electron chi connectivity index (χ0n) is 16.9. The molecule has 0 bridgehead atoms. The summed E-state index contributed by atoms with van der Waals surface area (Å²) in [4.78, 5) is 19.8. The van der Waals surface area contributed by atoms with E-state index in [1.165, 1.54) is 5.56 Å². The van der Waals surface area contributed by atoms with Crippen molar-refractivity contribution in [3.05, 3.63) is 58.5 Å². The summed E-state index contributed by atoms with van der Waals surface area (Å²) in [6.07, 6.45) is 1.99. The lowest BCUT2D eigenvalue weighted by molar-refractivity contribution is 0.0788. The van der Waals surface area contributed by atoms with Gasteiger partial charge in [-0.25, -0.2) is 9.50 Å². The predicted molar refractivity (Wildman–Crippen MR) is 108 cm³/mol. The van der Waals surface area contributed by atoms with E-state index in [-0.39, 0.29) is 5.91 Å². The van der Waals surface area contributed by atoms with E-state index in [0.29, 0.717) is 17.1 Å². The molecule has 2 aromatic heterocycles. The van der Waals surface area contributed by atoms with Crippen LogP contribution in [-0.2, 0) is 6.42 Å². The van der Waals surface area contributed by atoms with Crippen molar-refractivity contribution in [1.29, 1.82) is 0 Å². The second kappa shape index (κ2) is 7.26. The summed E-state index contributed by atoms with van der Waals surface area (Å²) >= 11 is 0. The Balaban J connectivity index is 1.52. The Morgan fingerprint density at radius 3 is 2.68 bits per heavy atom. The first-order valence-electron chi connectivity index (χ1n) is 9.72. The third kappa shape index (κ3) is 3.35. The summed E-state index contributed by atoms with van der Waals surface area (Å²) in [5.41, 5.74) is 5.21. The molecule has 0 spiro atoms. The van der Waals surface area contributed by atoms with Gasteiger partial charge in [-0.15, -0.1) is 0 Å². The molecular formula is C22H26N4O2. The highest BCUT2D eigenvalue weighted by atomic mass is 16.5. The first kappa shape index (κ1) is 18.5. The SMILES string of the molecule is COc1ccc(CC2CCN(C(=O)c3c(C)nn4c(C)cc(C)nc34)C2)cc1. The number of methoxy groups -OCH3 is 1. The van der Waals surface area contributed by atoms with Crippen LogP contribution in [0.4, 0.5) is 0 Å². The van der Waals surface area contributed by atoms with Crippen LogP contribution in [0.3, 0.4) is 0 Å². The van der Waals surface area contributed by atoms with E-state index >= 15 is 0 Å². The summed E-state index contributed by atoms with van der Waals surface area (Å²) in [6, 6.07) is 10.2. The third-order valence-corrected chi connectivity index (χ3v) is 5.54. The predicted octanol–water partition coefficient (Wildman–Crippen LogP) is 3.37. The lowest BCUT2D eigenvalue weighted by atomic mass is 9.99. The minimum Gasteiger partial charge on any atom is -0.497 e. The molecule has 0 aliphatic carbocycles. The quantitative estimate of drug-likeness (QED) is 0.698. The molecule has 146 valence electrons. The normalized spacial score (nSPS) is 16.7. The summed E-state index contributed by atoms with van der Waals surface area (Å²) in [7, 11) is 1.68. The third-order valence-electron chi connectivity index (χ3n) is 5.54. The van der Waals surface area contributed by atoms with Gasteiger partial charge in [0.15, 0.2) is 5.65 Å². The lowest BCUT2D eigenvalue weighted by Gasteiger charge is -2.16. The maximum absolute atomic E-state index is 13.3. The molecule has 1 amide bonds. The summed E-state index contributed by atoms with van der Waals surface area (Å²) < 4.78 is 7.00. The number of carbonyl (C=O) groups excluding carboxylic acids is 1. The molecule has 0 N–H and O–H groups in total. The van der Waals surface area contributed by atoms with Gasteiger partial charge >= 0.3 is 0 Å². The number of likely N-dealkylation sites (tertiary alicyclic amines) is 1. The van der Waals surface area contributed by atoms with E-state index in [0.717, 1.165) is 48.8 Å². The van der Waals surface area contributed by atoms with Gasteiger partial charge in [-0.1, -0.05) is 12.1 Å². The topological polar surface area (TPSA) is 59.7 Å². The number of aryl methyl sites for hydroxylation is 3. The summed E-state index contributed by atoms with van der Waals surface area (Å²) in [5.74, 6) is 1.38. The largest absolute Gasteiger partial charge is 0.497 e. The number of amides is 1. The fourth-order valence-corrected chi connectivity index (χ4v) is 4.11. The van der Waals surface area contributed by atoms with E-state index in [1.807, 2.05) is 43.9 Å². The number of carbonyl (C=O) groups is 1. The number of rotatable bonds is 4. The average molecular weight is 378 g/mol. The standard InChI is InChI=1S/C22H26N4O2/c1-14-11-15(2)26-21(23-14)20(16(3)24-26)22(27)25-10-9-18(13-25)12-17-5-7-19(28-4)8-6-17/h5-8,11,18H,9-10,12-13H2,1-4H3. The highest BCUT2D eigenvalue weighted by Crippen LogP contribution is 2.26. The Kier molecular flexibility index (Phi) is 4.79. The van der Waals surface area contributed by atoms with Gasteiger partial charge in [0.05, 0.1) is 12.8 Å². The molecule has 1 aromatic carbocycles. The van der Waals surface area contributed by atoms with Gasteiger partial charge in [0.25, 0.3) is 5.91 Å². The van der Waals surface area contributed by atoms with Crippen molar-refractivity contribution in [1.82, 2.24) is 19.5 Å². The van der Waals surface area contributed by atoms with Gasteiger partial charge in [-0.05, 0) is 63.3 Å². The van der Waals surface area contributed by atoms with Crippen LogP contribution in [0.5, 0.6) is 5.75 Å². The van der Waals surface area contributed by atoms with Crippen molar-refractivity contribution in [2.24, 2.45) is 5.92 Å². The molecule has 1 unspecified atom stereocenters. The van der Waals surface area contributed by atoms with E-state index in [4.69, 9.17) is 4.74 Å². The molecule has 0 radical (unpaired) electrons. The molecular weight excluding hydrogens is 352 g/mol. The molecule has 1 saturated heterocycles. The van der Waals surface area contributed by atoms with Gasteiger partial charge < -0.3 is 9.64 Å². The summed E-state index contributed by atoms with van der Waals surface area (Å²) in [5, 5.41) is 4.54. The van der Waals surface area contributed by atoms with Crippen LogP contribution < -0.4 is 4.74 Å². The highest BCUT2D eigenvalue weighted by Gasteiger charge is 2.30. The molecule has 6 heteroatoms. The van der Waals surface area contributed by atoms with E-state index < -0.39 is 0 Å². The van der Waals surface area contributed by atoms with Crippen molar-refractivity contribution < 1.29 is 9.53 Å². The molecule has 1 aliphatic heterocycles. The van der Waals surface area contributed by atoms with Crippen molar-refractivity contribution in [3.8, 4) is 5.75 Å². The fraction of sp³-hybridized carbons (Fsp3) is 0.409. The Morgan fingerprint density at radius 1 is 1.21 bits per heavy atom. The van der Waals surface area contributed by atoms with Crippen LogP contribution in [0.25, 0.3) is 5.65 Å². The maximum atomic E-state index is 13.3. The molecule has 1 atom stereocenters. The Bertz CT molecular complexity index is 1020. The smallest absolute Gasteiger partial charge is 0.259 e. The molecule has 3 heterocycles. The zero-order chi connectivity index (χ0) is 19.8. The van der Waals surface area contributed by atoms with E-state index in [9.17, 15) is 4.79 Å². The second-order valence-electron chi connectivity index (χ2n) is 7.69. The van der Waals surface area contributed by atoms with Crippen LogP contribution >= 0.6 is 0 Å². The van der Waals surface area contributed by atoms with Crippen molar-refractivity contribution in [2.75, 3.05) is 20.2 Å². The number of hydrogen-bond acceptors (Lipinski definition) is 4. The van der Waals surface area contributed by atoms with Crippen LogP contribution in [0.2, 0.25) is 0 Å². The molecule has 1 aliphatic rings. The molecule has 0 saturated carbocycles. The maximum Gasteiger partial charge on any atom is 0.259 e. The fourth-order valence-electron chi connectivity index (χ4n) is 4.11. The highest BCUT2D eigenvalue weighted by molar-refractivity contribution is 6.01. The minimum absolute atomic E-state index is 0.0437. The second-order valence-corrected chi connectivity index (χ2v) is 7.69. The van der Waals surface area contributed by atoms with Gasteiger partial charge in [0.2, 0.25) is 0 Å². The Hall–Kier alpha value is -2.89. The molecule has 6 nitrogen and oxygen atoms in total. The minimum atomic E-state index is 0.0437. The van der Waals surface area contributed by atoms with Crippen LogP contribution in [-0.4, -0.2) is 45.6 Å². The van der Waals surface area contributed by atoms with Crippen molar-refractivity contribution >= 4 is 11.6 Å². The first-order valence-corrected chi connectivity index (χ1v) is 9.72. The Morgan fingerprint density at radius 2 is 1.96 bits per heavy atom.